The minimum atomic E-state index is -0.542. The van der Waals surface area contributed by atoms with E-state index in [2.05, 4.69) is 5.32 Å². The normalized spacial score (nSPS) is 11.0. The molecule has 122 valence electrons. The minimum Gasteiger partial charge on any atom is -0.444 e. The summed E-state index contributed by atoms with van der Waals surface area (Å²) in [4.78, 5) is 25.1. The van der Waals surface area contributed by atoms with Crippen molar-refractivity contribution in [2.24, 2.45) is 0 Å². The number of hydrogen-bond donors (Lipinski definition) is 1. The zero-order valence-corrected chi connectivity index (χ0v) is 14.2. The lowest BCUT2D eigenvalue weighted by atomic mass is 10.2. The molecule has 0 aliphatic rings. The van der Waals surface area contributed by atoms with Gasteiger partial charge in [-0.1, -0.05) is 23.7 Å². The largest absolute Gasteiger partial charge is 0.444 e. The SMILES string of the molecule is CN(Cc1ccc(Cl)cc1)C(=O)CCNC(=O)OC(C)(C)C. The van der Waals surface area contributed by atoms with Crippen LogP contribution in [0.15, 0.2) is 24.3 Å². The fourth-order valence-corrected chi connectivity index (χ4v) is 1.85. The van der Waals surface area contributed by atoms with Gasteiger partial charge in [0.2, 0.25) is 5.91 Å². The van der Waals surface area contributed by atoms with E-state index in [0.29, 0.717) is 11.6 Å². The van der Waals surface area contributed by atoms with E-state index in [4.69, 9.17) is 16.3 Å². The van der Waals surface area contributed by atoms with Gasteiger partial charge >= 0.3 is 6.09 Å². The molecule has 1 N–H and O–H groups in total. The number of halogens is 1. The van der Waals surface area contributed by atoms with Crippen molar-refractivity contribution in [1.29, 1.82) is 0 Å². The van der Waals surface area contributed by atoms with Crippen LogP contribution in [0.5, 0.6) is 0 Å². The highest BCUT2D eigenvalue weighted by Gasteiger charge is 2.16. The Labute approximate surface area is 136 Å². The minimum absolute atomic E-state index is 0.0500. The number of carbonyl (C=O) groups excluding carboxylic acids is 2. The third kappa shape index (κ3) is 7.31. The molecule has 0 radical (unpaired) electrons. The summed E-state index contributed by atoms with van der Waals surface area (Å²) in [6.45, 7) is 6.12. The summed E-state index contributed by atoms with van der Waals surface area (Å²) in [5.74, 6) is -0.0500. The van der Waals surface area contributed by atoms with Gasteiger partial charge in [0.25, 0.3) is 0 Å². The van der Waals surface area contributed by atoms with Gasteiger partial charge in [0, 0.05) is 31.6 Å². The van der Waals surface area contributed by atoms with Gasteiger partial charge in [-0.2, -0.15) is 0 Å². The maximum Gasteiger partial charge on any atom is 0.407 e. The Kier molecular flexibility index (Phi) is 6.68. The number of benzene rings is 1. The van der Waals surface area contributed by atoms with Crippen molar-refractivity contribution in [1.82, 2.24) is 10.2 Å². The highest BCUT2D eigenvalue weighted by Crippen LogP contribution is 2.11. The molecule has 0 unspecified atom stereocenters. The lowest BCUT2D eigenvalue weighted by molar-refractivity contribution is -0.130. The molecular weight excluding hydrogens is 304 g/mol. The van der Waals surface area contributed by atoms with E-state index < -0.39 is 11.7 Å². The molecule has 1 aromatic rings. The molecule has 0 atom stereocenters. The topological polar surface area (TPSA) is 58.6 Å². The molecule has 0 saturated heterocycles. The van der Waals surface area contributed by atoms with Gasteiger partial charge < -0.3 is 15.0 Å². The van der Waals surface area contributed by atoms with E-state index in [0.717, 1.165) is 5.56 Å². The van der Waals surface area contributed by atoms with Gasteiger partial charge in [0.05, 0.1) is 0 Å². The Hall–Kier alpha value is -1.75. The van der Waals surface area contributed by atoms with E-state index in [1.165, 1.54) is 0 Å². The van der Waals surface area contributed by atoms with Crippen LogP contribution >= 0.6 is 11.6 Å². The number of rotatable bonds is 5. The molecular formula is C16H23ClN2O3. The first-order valence-electron chi connectivity index (χ1n) is 7.12. The smallest absolute Gasteiger partial charge is 0.407 e. The lowest BCUT2D eigenvalue weighted by Crippen LogP contribution is -2.35. The monoisotopic (exact) mass is 326 g/mol. The maximum absolute atomic E-state index is 12.0. The number of ether oxygens (including phenoxy) is 1. The standard InChI is InChI=1S/C16H23ClN2O3/c1-16(2,3)22-15(21)18-10-9-14(20)19(4)11-12-5-7-13(17)8-6-12/h5-8H,9-11H2,1-4H3,(H,18,21). The molecule has 0 aromatic heterocycles. The van der Waals surface area contributed by atoms with E-state index in [-0.39, 0.29) is 18.9 Å². The average Bonchev–Trinajstić information content (AvgIpc) is 2.39. The number of nitrogens with zero attached hydrogens (tertiary/aromatic N) is 1. The highest BCUT2D eigenvalue weighted by atomic mass is 35.5. The van der Waals surface area contributed by atoms with Crippen molar-refractivity contribution in [3.8, 4) is 0 Å². The molecule has 0 spiro atoms. The third-order valence-electron chi connectivity index (χ3n) is 2.77. The summed E-state index contributed by atoms with van der Waals surface area (Å²) in [6, 6.07) is 7.34. The Morgan fingerprint density at radius 3 is 2.36 bits per heavy atom. The van der Waals surface area contributed by atoms with Crippen molar-refractivity contribution in [2.45, 2.75) is 39.3 Å². The van der Waals surface area contributed by atoms with Crippen LogP contribution in [0.2, 0.25) is 5.02 Å². The maximum atomic E-state index is 12.0. The average molecular weight is 327 g/mol. The lowest BCUT2D eigenvalue weighted by Gasteiger charge is -2.20. The molecule has 1 aromatic carbocycles. The van der Waals surface area contributed by atoms with Crippen molar-refractivity contribution >= 4 is 23.6 Å². The highest BCUT2D eigenvalue weighted by molar-refractivity contribution is 6.30. The molecule has 5 nitrogen and oxygen atoms in total. The molecule has 1 rings (SSSR count). The molecule has 0 bridgehead atoms. The molecule has 2 amide bonds. The number of nitrogens with one attached hydrogen (secondary N) is 1. The van der Waals surface area contributed by atoms with Crippen LogP contribution in [0.25, 0.3) is 0 Å². The van der Waals surface area contributed by atoms with Crippen LogP contribution < -0.4 is 5.32 Å². The van der Waals surface area contributed by atoms with Gasteiger partial charge in [-0.05, 0) is 38.5 Å². The van der Waals surface area contributed by atoms with E-state index >= 15 is 0 Å². The van der Waals surface area contributed by atoms with Crippen molar-refractivity contribution in [2.75, 3.05) is 13.6 Å². The van der Waals surface area contributed by atoms with Crippen LogP contribution in [0.3, 0.4) is 0 Å². The second-order valence-corrected chi connectivity index (χ2v) is 6.49. The first kappa shape index (κ1) is 18.3. The van der Waals surface area contributed by atoms with E-state index in [1.807, 2.05) is 12.1 Å². The van der Waals surface area contributed by atoms with Crippen molar-refractivity contribution in [3.05, 3.63) is 34.9 Å². The van der Waals surface area contributed by atoms with Gasteiger partial charge in [0.1, 0.15) is 5.60 Å². The molecule has 0 saturated carbocycles. The summed E-state index contributed by atoms with van der Waals surface area (Å²) in [5, 5.41) is 3.24. The third-order valence-corrected chi connectivity index (χ3v) is 3.02. The Morgan fingerprint density at radius 2 is 1.82 bits per heavy atom. The van der Waals surface area contributed by atoms with Gasteiger partial charge in [-0.25, -0.2) is 4.79 Å². The van der Waals surface area contributed by atoms with Crippen molar-refractivity contribution in [3.63, 3.8) is 0 Å². The molecule has 0 heterocycles. The zero-order valence-electron chi connectivity index (χ0n) is 13.5. The fraction of sp³-hybridized carbons (Fsp3) is 0.500. The number of hydrogen-bond acceptors (Lipinski definition) is 3. The molecule has 0 aliphatic heterocycles. The first-order chi connectivity index (χ1) is 10.2. The van der Waals surface area contributed by atoms with Crippen LogP contribution in [-0.4, -0.2) is 36.1 Å². The molecule has 6 heteroatoms. The molecule has 22 heavy (non-hydrogen) atoms. The second kappa shape index (κ2) is 8.03. The Balaban J connectivity index is 2.32. The summed E-state index contributed by atoms with van der Waals surface area (Å²) in [7, 11) is 1.73. The summed E-state index contributed by atoms with van der Waals surface area (Å²) in [6.07, 6.45) is -0.288. The summed E-state index contributed by atoms with van der Waals surface area (Å²) < 4.78 is 5.10. The Bertz CT molecular complexity index is 509. The van der Waals surface area contributed by atoms with Crippen LogP contribution in [0, 0.1) is 0 Å². The predicted molar refractivity (Wildman–Crippen MR) is 86.8 cm³/mol. The summed E-state index contributed by atoms with van der Waals surface area (Å²) >= 11 is 5.82. The zero-order chi connectivity index (χ0) is 16.8. The molecule has 0 fully saturated rings. The number of alkyl carbamates (subject to hydrolysis) is 1. The first-order valence-corrected chi connectivity index (χ1v) is 7.50. The van der Waals surface area contributed by atoms with Crippen LogP contribution in [-0.2, 0) is 16.1 Å². The van der Waals surface area contributed by atoms with E-state index in [9.17, 15) is 9.59 Å². The number of amides is 2. The predicted octanol–water partition coefficient (Wildman–Crippen LogP) is 3.21. The quantitative estimate of drug-likeness (QED) is 0.903. The second-order valence-electron chi connectivity index (χ2n) is 6.05. The number of carbonyl (C=O) groups is 2. The van der Waals surface area contributed by atoms with Gasteiger partial charge in [0.15, 0.2) is 0 Å². The fourth-order valence-electron chi connectivity index (χ4n) is 1.73. The van der Waals surface area contributed by atoms with E-state index in [1.54, 1.807) is 44.9 Å². The Morgan fingerprint density at radius 1 is 1.23 bits per heavy atom. The summed E-state index contributed by atoms with van der Waals surface area (Å²) in [5.41, 5.74) is 0.458. The van der Waals surface area contributed by atoms with Crippen LogP contribution in [0.1, 0.15) is 32.8 Å². The van der Waals surface area contributed by atoms with Crippen LogP contribution in [0.4, 0.5) is 4.79 Å². The van der Waals surface area contributed by atoms with Gasteiger partial charge in [-0.15, -0.1) is 0 Å². The van der Waals surface area contributed by atoms with Gasteiger partial charge in [-0.3, -0.25) is 4.79 Å². The molecule has 0 aliphatic carbocycles. The van der Waals surface area contributed by atoms with Crippen molar-refractivity contribution < 1.29 is 14.3 Å².